The van der Waals surface area contributed by atoms with Gasteiger partial charge in [-0.2, -0.15) is 0 Å². The molecule has 0 aromatic heterocycles. The van der Waals surface area contributed by atoms with Gasteiger partial charge in [-0.1, -0.05) is 30.9 Å². The van der Waals surface area contributed by atoms with E-state index in [0.29, 0.717) is 0 Å². The number of amides is 1. The molecular weight excluding hydrogens is 212 g/mol. The first-order chi connectivity index (χ1) is 8.11. The molecular formula is C14H18N2O. The third-order valence-corrected chi connectivity index (χ3v) is 2.14. The maximum Gasteiger partial charge on any atom is 0.247 e. The van der Waals surface area contributed by atoms with E-state index < -0.39 is 0 Å². The Balaban J connectivity index is 2.58. The number of hydrogen-bond acceptors (Lipinski definition) is 2. The van der Waals surface area contributed by atoms with E-state index in [9.17, 15) is 4.79 Å². The molecule has 0 atom stereocenters. The molecule has 1 rings (SSSR count). The first-order valence-electron chi connectivity index (χ1n) is 5.46. The predicted molar refractivity (Wildman–Crippen MR) is 72.9 cm³/mol. The van der Waals surface area contributed by atoms with Gasteiger partial charge in [-0.15, -0.1) is 0 Å². The molecule has 0 radical (unpaired) electrons. The SMILES string of the molecule is C=CC(=O)Nc1ccc(C=CCN(C)C)cc1. The molecule has 0 fully saturated rings. The number of rotatable bonds is 5. The van der Waals surface area contributed by atoms with E-state index in [0.717, 1.165) is 17.8 Å². The first-order valence-corrected chi connectivity index (χ1v) is 5.46. The number of likely N-dealkylation sites (N-methyl/N-ethyl adjacent to an activating group) is 1. The molecule has 3 heteroatoms. The highest BCUT2D eigenvalue weighted by Crippen LogP contribution is 2.10. The van der Waals surface area contributed by atoms with Crippen LogP contribution in [-0.2, 0) is 4.79 Å². The second-order valence-corrected chi connectivity index (χ2v) is 3.98. The van der Waals surface area contributed by atoms with Crippen molar-refractivity contribution in [1.29, 1.82) is 0 Å². The van der Waals surface area contributed by atoms with Crippen LogP contribution in [0.25, 0.3) is 6.08 Å². The lowest BCUT2D eigenvalue weighted by molar-refractivity contribution is -0.111. The summed E-state index contributed by atoms with van der Waals surface area (Å²) in [5.41, 5.74) is 1.89. The topological polar surface area (TPSA) is 32.3 Å². The van der Waals surface area contributed by atoms with Gasteiger partial charge in [-0.25, -0.2) is 0 Å². The molecule has 0 saturated carbocycles. The van der Waals surface area contributed by atoms with Gasteiger partial charge in [-0.3, -0.25) is 4.79 Å². The Kier molecular flexibility index (Phi) is 5.17. The number of hydrogen-bond donors (Lipinski definition) is 1. The minimum Gasteiger partial charge on any atom is -0.323 e. The van der Waals surface area contributed by atoms with Gasteiger partial charge < -0.3 is 10.2 Å². The van der Waals surface area contributed by atoms with Crippen LogP contribution in [0.1, 0.15) is 5.56 Å². The Bertz CT molecular complexity index is 405. The zero-order valence-corrected chi connectivity index (χ0v) is 10.3. The van der Waals surface area contributed by atoms with Crippen molar-refractivity contribution in [2.45, 2.75) is 0 Å². The number of nitrogens with zero attached hydrogens (tertiary/aromatic N) is 1. The summed E-state index contributed by atoms with van der Waals surface area (Å²) in [5.74, 6) is -0.194. The average Bonchev–Trinajstić information content (AvgIpc) is 2.31. The lowest BCUT2D eigenvalue weighted by atomic mass is 10.2. The van der Waals surface area contributed by atoms with Crippen molar-refractivity contribution in [2.75, 3.05) is 26.0 Å². The van der Waals surface area contributed by atoms with Gasteiger partial charge in [0.05, 0.1) is 0 Å². The first kappa shape index (κ1) is 13.2. The zero-order valence-electron chi connectivity index (χ0n) is 10.3. The van der Waals surface area contributed by atoms with Crippen LogP contribution in [0.4, 0.5) is 5.69 Å². The third kappa shape index (κ3) is 5.13. The molecule has 0 aliphatic heterocycles. The third-order valence-electron chi connectivity index (χ3n) is 2.14. The van der Waals surface area contributed by atoms with Gasteiger partial charge in [-0.05, 0) is 37.9 Å². The molecule has 1 aromatic carbocycles. The maximum absolute atomic E-state index is 11.1. The smallest absolute Gasteiger partial charge is 0.247 e. The van der Waals surface area contributed by atoms with Crippen LogP contribution >= 0.6 is 0 Å². The molecule has 0 aliphatic carbocycles. The highest BCUT2D eigenvalue weighted by Gasteiger charge is 1.95. The summed E-state index contributed by atoms with van der Waals surface area (Å²) in [4.78, 5) is 13.2. The number of carbonyl (C=O) groups excluding carboxylic acids is 1. The van der Waals surface area contributed by atoms with Crippen LogP contribution in [0.5, 0.6) is 0 Å². The molecule has 1 aromatic rings. The van der Waals surface area contributed by atoms with E-state index in [1.807, 2.05) is 38.4 Å². The van der Waals surface area contributed by atoms with Crippen molar-refractivity contribution in [1.82, 2.24) is 4.90 Å². The molecule has 0 unspecified atom stereocenters. The number of nitrogens with one attached hydrogen (secondary N) is 1. The summed E-state index contributed by atoms with van der Waals surface area (Å²) < 4.78 is 0. The Morgan fingerprint density at radius 2 is 2.00 bits per heavy atom. The van der Waals surface area contributed by atoms with Crippen LogP contribution in [-0.4, -0.2) is 31.4 Å². The largest absolute Gasteiger partial charge is 0.323 e. The normalized spacial score (nSPS) is 10.8. The van der Waals surface area contributed by atoms with E-state index in [4.69, 9.17) is 0 Å². The Morgan fingerprint density at radius 3 is 2.53 bits per heavy atom. The van der Waals surface area contributed by atoms with Gasteiger partial charge in [0.25, 0.3) is 0 Å². The fraction of sp³-hybridized carbons (Fsp3) is 0.214. The van der Waals surface area contributed by atoms with Gasteiger partial charge in [0, 0.05) is 12.2 Å². The molecule has 0 bridgehead atoms. The van der Waals surface area contributed by atoms with Gasteiger partial charge in [0.2, 0.25) is 5.91 Å². The highest BCUT2D eigenvalue weighted by molar-refractivity contribution is 5.98. The van der Waals surface area contributed by atoms with Crippen LogP contribution in [0.2, 0.25) is 0 Å². The molecule has 0 saturated heterocycles. The summed E-state index contributed by atoms with van der Waals surface area (Å²) in [7, 11) is 4.05. The maximum atomic E-state index is 11.1. The van der Waals surface area contributed by atoms with Crippen molar-refractivity contribution in [3.63, 3.8) is 0 Å². The molecule has 17 heavy (non-hydrogen) atoms. The van der Waals surface area contributed by atoms with Crippen LogP contribution in [0.3, 0.4) is 0 Å². The predicted octanol–water partition coefficient (Wildman–Crippen LogP) is 2.39. The minimum absolute atomic E-state index is 0.194. The summed E-state index contributed by atoms with van der Waals surface area (Å²) >= 11 is 0. The summed E-state index contributed by atoms with van der Waals surface area (Å²) in [6.45, 7) is 4.32. The molecule has 0 heterocycles. The Morgan fingerprint density at radius 1 is 1.35 bits per heavy atom. The number of anilines is 1. The van der Waals surface area contributed by atoms with Crippen LogP contribution in [0, 0.1) is 0 Å². The Hall–Kier alpha value is -1.87. The molecule has 0 aliphatic rings. The van der Waals surface area contributed by atoms with Crippen molar-refractivity contribution >= 4 is 17.7 Å². The second-order valence-electron chi connectivity index (χ2n) is 3.98. The summed E-state index contributed by atoms with van der Waals surface area (Å²) in [5, 5.41) is 2.70. The van der Waals surface area contributed by atoms with E-state index in [1.165, 1.54) is 6.08 Å². The molecule has 0 spiro atoms. The van der Waals surface area contributed by atoms with Crippen LogP contribution < -0.4 is 5.32 Å². The molecule has 1 amide bonds. The highest BCUT2D eigenvalue weighted by atomic mass is 16.1. The second kappa shape index (κ2) is 6.66. The summed E-state index contributed by atoms with van der Waals surface area (Å²) in [6, 6.07) is 7.67. The molecule has 90 valence electrons. The Labute approximate surface area is 102 Å². The van der Waals surface area contributed by atoms with E-state index in [1.54, 1.807) is 0 Å². The summed E-state index contributed by atoms with van der Waals surface area (Å²) in [6.07, 6.45) is 5.40. The van der Waals surface area contributed by atoms with Gasteiger partial charge >= 0.3 is 0 Å². The fourth-order valence-electron chi connectivity index (χ4n) is 1.27. The van der Waals surface area contributed by atoms with Gasteiger partial charge in [0.1, 0.15) is 0 Å². The lowest BCUT2D eigenvalue weighted by Crippen LogP contribution is -2.10. The van der Waals surface area contributed by atoms with Gasteiger partial charge in [0.15, 0.2) is 0 Å². The average molecular weight is 230 g/mol. The molecule has 1 N–H and O–H groups in total. The fourth-order valence-corrected chi connectivity index (χ4v) is 1.27. The minimum atomic E-state index is -0.194. The van der Waals surface area contributed by atoms with Crippen molar-refractivity contribution in [3.05, 3.63) is 48.6 Å². The number of benzene rings is 1. The zero-order chi connectivity index (χ0) is 12.7. The quantitative estimate of drug-likeness (QED) is 0.788. The van der Waals surface area contributed by atoms with Crippen molar-refractivity contribution in [2.24, 2.45) is 0 Å². The van der Waals surface area contributed by atoms with Crippen molar-refractivity contribution < 1.29 is 4.79 Å². The van der Waals surface area contributed by atoms with E-state index >= 15 is 0 Å². The standard InChI is InChI=1S/C14H18N2O/c1-4-14(17)15-13-9-7-12(8-10-13)6-5-11-16(2)3/h4-10H,1,11H2,2-3H3,(H,15,17). The van der Waals surface area contributed by atoms with E-state index in [2.05, 4.69) is 28.9 Å². The lowest BCUT2D eigenvalue weighted by Gasteiger charge is -2.04. The van der Waals surface area contributed by atoms with Crippen molar-refractivity contribution in [3.8, 4) is 0 Å². The van der Waals surface area contributed by atoms with E-state index in [-0.39, 0.29) is 5.91 Å². The monoisotopic (exact) mass is 230 g/mol. The molecule has 3 nitrogen and oxygen atoms in total. The number of carbonyl (C=O) groups is 1. The van der Waals surface area contributed by atoms with Crippen LogP contribution in [0.15, 0.2) is 43.0 Å².